The van der Waals surface area contributed by atoms with Gasteiger partial charge >= 0.3 is 0 Å². The van der Waals surface area contributed by atoms with E-state index in [0.717, 1.165) is 23.4 Å². The van der Waals surface area contributed by atoms with E-state index in [0.29, 0.717) is 6.61 Å². The Hall–Kier alpha value is -2.14. The summed E-state index contributed by atoms with van der Waals surface area (Å²) in [7, 11) is 1.69. The van der Waals surface area contributed by atoms with Crippen molar-refractivity contribution in [1.82, 2.24) is 19.2 Å². The number of ether oxygens (including phenoxy) is 1. The minimum atomic E-state index is 0.682. The van der Waals surface area contributed by atoms with E-state index in [-0.39, 0.29) is 0 Å². The third-order valence-corrected chi connectivity index (χ3v) is 2.82. The predicted octanol–water partition coefficient (Wildman–Crippen LogP) is 1.84. The molecule has 3 rings (SSSR count). The molecule has 5 heteroatoms. The van der Waals surface area contributed by atoms with E-state index in [4.69, 9.17) is 4.74 Å². The first-order valence-electron chi connectivity index (χ1n) is 5.82. The first-order valence-corrected chi connectivity index (χ1v) is 5.82. The molecule has 3 heterocycles. The Morgan fingerprint density at radius 1 is 1.28 bits per heavy atom. The Kier molecular flexibility index (Phi) is 2.82. The largest absolute Gasteiger partial charge is 0.383 e. The van der Waals surface area contributed by atoms with Gasteiger partial charge in [-0.3, -0.25) is 0 Å². The van der Waals surface area contributed by atoms with Gasteiger partial charge in [0, 0.05) is 26.0 Å². The number of aromatic nitrogens is 4. The third-order valence-electron chi connectivity index (χ3n) is 2.82. The zero-order chi connectivity index (χ0) is 12.4. The van der Waals surface area contributed by atoms with Crippen molar-refractivity contribution < 1.29 is 4.74 Å². The Bertz CT molecular complexity index is 623. The Morgan fingerprint density at radius 2 is 2.22 bits per heavy atom. The van der Waals surface area contributed by atoms with Crippen LogP contribution in [0.1, 0.15) is 0 Å². The number of fused-ring (bicyclic) bond motifs is 1. The number of hydrogen-bond acceptors (Lipinski definition) is 3. The molecule has 0 bridgehead atoms. The topological polar surface area (TPSA) is 44.4 Å². The lowest BCUT2D eigenvalue weighted by Gasteiger charge is -1.98. The molecule has 0 fully saturated rings. The molecule has 0 aromatic carbocycles. The summed E-state index contributed by atoms with van der Waals surface area (Å²) < 4.78 is 8.89. The molecule has 0 aliphatic heterocycles. The number of nitrogens with zero attached hydrogens (tertiary/aromatic N) is 4. The van der Waals surface area contributed by atoms with Crippen molar-refractivity contribution in [2.75, 3.05) is 13.7 Å². The number of rotatable bonds is 4. The van der Waals surface area contributed by atoms with E-state index in [9.17, 15) is 0 Å². The van der Waals surface area contributed by atoms with E-state index in [2.05, 4.69) is 10.1 Å². The highest BCUT2D eigenvalue weighted by atomic mass is 16.5. The number of pyridine rings is 1. The maximum atomic E-state index is 5.04. The first kappa shape index (κ1) is 11.0. The summed E-state index contributed by atoms with van der Waals surface area (Å²) in [6.07, 6.45) is 5.72. The van der Waals surface area contributed by atoms with Crippen LogP contribution in [0.4, 0.5) is 0 Å². The van der Waals surface area contributed by atoms with Gasteiger partial charge in [-0.15, -0.1) is 0 Å². The van der Waals surface area contributed by atoms with E-state index in [1.807, 2.05) is 45.7 Å². The minimum absolute atomic E-state index is 0.682. The molecule has 0 saturated heterocycles. The van der Waals surface area contributed by atoms with Crippen LogP contribution in [0.3, 0.4) is 0 Å². The zero-order valence-corrected chi connectivity index (χ0v) is 10.2. The third kappa shape index (κ3) is 2.00. The van der Waals surface area contributed by atoms with Gasteiger partial charge in [-0.1, -0.05) is 6.07 Å². The molecule has 0 saturated carbocycles. The van der Waals surface area contributed by atoms with Gasteiger partial charge in [-0.05, 0) is 18.2 Å². The van der Waals surface area contributed by atoms with Crippen LogP contribution < -0.4 is 0 Å². The van der Waals surface area contributed by atoms with Crippen LogP contribution in [-0.4, -0.2) is 32.9 Å². The van der Waals surface area contributed by atoms with Gasteiger partial charge in [0.2, 0.25) is 0 Å². The lowest BCUT2D eigenvalue weighted by molar-refractivity contribution is 0.187. The smallest absolute Gasteiger partial charge is 0.113 e. The summed E-state index contributed by atoms with van der Waals surface area (Å²) in [5.41, 5.74) is 2.84. The molecule has 0 amide bonds. The number of methoxy groups -OCH3 is 1. The molecule has 0 unspecified atom stereocenters. The summed E-state index contributed by atoms with van der Waals surface area (Å²) in [5.74, 6) is 0. The molecular formula is C13H14N4O. The molecule has 0 N–H and O–H groups in total. The summed E-state index contributed by atoms with van der Waals surface area (Å²) >= 11 is 0. The molecule has 3 aromatic heterocycles. The molecule has 92 valence electrons. The molecule has 0 aliphatic rings. The standard InChI is InChI=1S/C13H14N4O/c1-18-7-6-16-9-13(14-10-16)12-8-11-4-2-3-5-17(11)15-12/h2-5,8-10H,6-7H2,1H3. The maximum Gasteiger partial charge on any atom is 0.113 e. The van der Waals surface area contributed by atoms with Crippen molar-refractivity contribution >= 4 is 5.52 Å². The van der Waals surface area contributed by atoms with Crippen LogP contribution in [0.25, 0.3) is 16.9 Å². The van der Waals surface area contributed by atoms with Crippen LogP contribution >= 0.6 is 0 Å². The second-order valence-corrected chi connectivity index (χ2v) is 4.09. The summed E-state index contributed by atoms with van der Waals surface area (Å²) in [6.45, 7) is 1.48. The number of imidazole rings is 1. The summed E-state index contributed by atoms with van der Waals surface area (Å²) in [4.78, 5) is 4.37. The molecule has 18 heavy (non-hydrogen) atoms. The highest BCUT2D eigenvalue weighted by Crippen LogP contribution is 2.17. The van der Waals surface area contributed by atoms with Gasteiger partial charge < -0.3 is 9.30 Å². The SMILES string of the molecule is COCCn1cnc(-c2cc3ccccn3n2)c1. The highest BCUT2D eigenvalue weighted by Gasteiger charge is 2.06. The van der Waals surface area contributed by atoms with E-state index in [1.54, 1.807) is 13.4 Å². The number of hydrogen-bond donors (Lipinski definition) is 0. The van der Waals surface area contributed by atoms with Crippen molar-refractivity contribution in [2.24, 2.45) is 0 Å². The minimum Gasteiger partial charge on any atom is -0.383 e. The van der Waals surface area contributed by atoms with Crippen LogP contribution in [-0.2, 0) is 11.3 Å². The van der Waals surface area contributed by atoms with Crippen LogP contribution in [0.5, 0.6) is 0 Å². The zero-order valence-electron chi connectivity index (χ0n) is 10.2. The first-order chi connectivity index (χ1) is 8.86. The Morgan fingerprint density at radius 3 is 3.06 bits per heavy atom. The maximum absolute atomic E-state index is 5.04. The Balaban J connectivity index is 1.91. The normalized spacial score (nSPS) is 11.2. The molecule has 0 atom stereocenters. The monoisotopic (exact) mass is 242 g/mol. The van der Waals surface area contributed by atoms with E-state index < -0.39 is 0 Å². The van der Waals surface area contributed by atoms with Gasteiger partial charge in [0.25, 0.3) is 0 Å². The highest BCUT2D eigenvalue weighted by molar-refractivity contribution is 5.62. The lowest BCUT2D eigenvalue weighted by Crippen LogP contribution is -2.00. The average molecular weight is 242 g/mol. The molecular weight excluding hydrogens is 228 g/mol. The predicted molar refractivity (Wildman–Crippen MR) is 68.3 cm³/mol. The van der Waals surface area contributed by atoms with Gasteiger partial charge in [0.1, 0.15) is 11.4 Å². The van der Waals surface area contributed by atoms with Crippen LogP contribution in [0, 0.1) is 0 Å². The fourth-order valence-electron chi connectivity index (χ4n) is 1.87. The molecule has 3 aromatic rings. The second kappa shape index (κ2) is 4.62. The Labute approximate surface area is 105 Å². The van der Waals surface area contributed by atoms with Crippen LogP contribution in [0.2, 0.25) is 0 Å². The fraction of sp³-hybridized carbons (Fsp3) is 0.231. The van der Waals surface area contributed by atoms with Crippen molar-refractivity contribution in [3.8, 4) is 11.4 Å². The quantitative estimate of drug-likeness (QED) is 0.701. The summed E-state index contributed by atoms with van der Waals surface area (Å²) in [6, 6.07) is 8.01. The van der Waals surface area contributed by atoms with Crippen molar-refractivity contribution in [3.05, 3.63) is 43.0 Å². The van der Waals surface area contributed by atoms with Gasteiger partial charge in [0.05, 0.1) is 18.5 Å². The van der Waals surface area contributed by atoms with Crippen molar-refractivity contribution in [1.29, 1.82) is 0 Å². The molecule has 0 spiro atoms. The lowest BCUT2D eigenvalue weighted by atomic mass is 10.3. The molecule has 0 radical (unpaired) electrons. The van der Waals surface area contributed by atoms with E-state index >= 15 is 0 Å². The van der Waals surface area contributed by atoms with Gasteiger partial charge in [0.15, 0.2) is 0 Å². The molecule has 5 nitrogen and oxygen atoms in total. The molecule has 0 aliphatic carbocycles. The van der Waals surface area contributed by atoms with Crippen LogP contribution in [0.15, 0.2) is 43.0 Å². The van der Waals surface area contributed by atoms with Gasteiger partial charge in [-0.25, -0.2) is 9.50 Å². The summed E-state index contributed by atoms with van der Waals surface area (Å²) in [5, 5.41) is 4.49. The van der Waals surface area contributed by atoms with Crippen molar-refractivity contribution in [2.45, 2.75) is 6.54 Å². The van der Waals surface area contributed by atoms with Gasteiger partial charge in [-0.2, -0.15) is 5.10 Å². The van der Waals surface area contributed by atoms with E-state index in [1.165, 1.54) is 0 Å². The second-order valence-electron chi connectivity index (χ2n) is 4.09. The average Bonchev–Trinajstić information content (AvgIpc) is 3.02. The van der Waals surface area contributed by atoms with Crippen molar-refractivity contribution in [3.63, 3.8) is 0 Å². The fourth-order valence-corrected chi connectivity index (χ4v) is 1.87.